The highest BCUT2D eigenvalue weighted by Gasteiger charge is 2.18. The van der Waals surface area contributed by atoms with E-state index in [1.807, 2.05) is 0 Å². The monoisotopic (exact) mass is 289 g/mol. The van der Waals surface area contributed by atoms with E-state index in [4.69, 9.17) is 0 Å². The Balaban J connectivity index is 1.96. The summed E-state index contributed by atoms with van der Waals surface area (Å²) < 4.78 is 0. The van der Waals surface area contributed by atoms with E-state index in [9.17, 15) is 5.11 Å². The second-order valence-corrected chi connectivity index (χ2v) is 7.37. The molecule has 108 valence electrons. The predicted octanol–water partition coefficient (Wildman–Crippen LogP) is 3.90. The molecular formula is C17H23NOS. The number of hydrogen-bond acceptors (Lipinski definition) is 3. The Hall–Kier alpha value is -1.19. The van der Waals surface area contributed by atoms with Gasteiger partial charge in [0.05, 0.1) is 16.8 Å². The number of thiazole rings is 1. The van der Waals surface area contributed by atoms with Crippen molar-refractivity contribution in [1.82, 2.24) is 4.98 Å². The van der Waals surface area contributed by atoms with Crippen molar-refractivity contribution in [3.8, 4) is 0 Å². The molecule has 20 heavy (non-hydrogen) atoms. The summed E-state index contributed by atoms with van der Waals surface area (Å²) in [7, 11) is 0. The zero-order valence-electron chi connectivity index (χ0n) is 12.7. The maximum Gasteiger partial charge on any atom is 0.0954 e. The van der Waals surface area contributed by atoms with Crippen molar-refractivity contribution in [1.29, 1.82) is 0 Å². The normalized spacial score (nSPS) is 13.4. The lowest BCUT2D eigenvalue weighted by molar-refractivity contribution is 0.175. The molecule has 1 atom stereocenters. The zero-order chi connectivity index (χ0) is 14.8. The molecule has 0 saturated carbocycles. The van der Waals surface area contributed by atoms with Gasteiger partial charge in [0.15, 0.2) is 0 Å². The van der Waals surface area contributed by atoms with Gasteiger partial charge in [-0.05, 0) is 18.9 Å². The van der Waals surface area contributed by atoms with Gasteiger partial charge < -0.3 is 5.11 Å². The van der Waals surface area contributed by atoms with Crippen LogP contribution in [-0.2, 0) is 18.3 Å². The summed E-state index contributed by atoms with van der Waals surface area (Å²) in [6.07, 6.45) is 0.955. The number of hydrogen-bond donors (Lipinski definition) is 1. The first-order valence-electron chi connectivity index (χ1n) is 7.03. The van der Waals surface area contributed by atoms with Crippen LogP contribution in [0.4, 0.5) is 0 Å². The van der Waals surface area contributed by atoms with Gasteiger partial charge in [-0.3, -0.25) is 0 Å². The topological polar surface area (TPSA) is 33.1 Å². The fraction of sp³-hybridized carbons (Fsp3) is 0.471. The Kier molecular flexibility index (Phi) is 4.61. The summed E-state index contributed by atoms with van der Waals surface area (Å²) in [5, 5.41) is 13.3. The Morgan fingerprint density at radius 2 is 1.80 bits per heavy atom. The molecular weight excluding hydrogens is 266 g/mol. The van der Waals surface area contributed by atoms with Gasteiger partial charge in [-0.2, -0.15) is 0 Å². The number of aliphatic hydroxyl groups excluding tert-OH is 1. The van der Waals surface area contributed by atoms with Crippen molar-refractivity contribution in [2.24, 2.45) is 0 Å². The van der Waals surface area contributed by atoms with Crippen molar-refractivity contribution in [3.05, 3.63) is 51.5 Å². The molecule has 0 aliphatic carbocycles. The largest absolute Gasteiger partial charge is 0.392 e. The summed E-state index contributed by atoms with van der Waals surface area (Å²) in [5.74, 6) is 0. The fourth-order valence-electron chi connectivity index (χ4n) is 2.02. The lowest BCUT2D eigenvalue weighted by Crippen LogP contribution is -2.15. The van der Waals surface area contributed by atoms with Crippen molar-refractivity contribution in [2.75, 3.05) is 0 Å². The van der Waals surface area contributed by atoms with E-state index in [2.05, 4.69) is 62.3 Å². The number of rotatable bonds is 4. The Morgan fingerprint density at radius 3 is 2.35 bits per heavy atom. The van der Waals surface area contributed by atoms with E-state index >= 15 is 0 Å². The molecule has 0 amide bonds. The lowest BCUT2D eigenvalue weighted by Gasteiger charge is -2.14. The number of aromatic nitrogens is 1. The molecule has 2 aromatic rings. The average Bonchev–Trinajstić information content (AvgIpc) is 2.80. The molecule has 1 unspecified atom stereocenters. The molecule has 3 heteroatoms. The minimum atomic E-state index is -0.364. The fourth-order valence-corrected chi connectivity index (χ4v) is 3.11. The van der Waals surface area contributed by atoms with Gasteiger partial charge in [-0.15, -0.1) is 11.3 Å². The van der Waals surface area contributed by atoms with Gasteiger partial charge in [-0.1, -0.05) is 50.6 Å². The van der Waals surface area contributed by atoms with Crippen LogP contribution in [0.3, 0.4) is 0 Å². The van der Waals surface area contributed by atoms with E-state index in [0.717, 1.165) is 10.7 Å². The summed E-state index contributed by atoms with van der Waals surface area (Å²) in [5.41, 5.74) is 3.62. The molecule has 1 heterocycles. The average molecular weight is 289 g/mol. The van der Waals surface area contributed by atoms with Crippen LogP contribution in [0.2, 0.25) is 0 Å². The first kappa shape index (κ1) is 15.2. The van der Waals surface area contributed by atoms with Crippen LogP contribution in [0.15, 0.2) is 29.6 Å². The smallest absolute Gasteiger partial charge is 0.0954 e. The number of benzene rings is 1. The van der Waals surface area contributed by atoms with Gasteiger partial charge in [-0.25, -0.2) is 4.98 Å². The number of aryl methyl sites for hydroxylation is 1. The summed E-state index contributed by atoms with van der Waals surface area (Å²) >= 11 is 1.65. The zero-order valence-corrected chi connectivity index (χ0v) is 13.5. The van der Waals surface area contributed by atoms with E-state index in [-0.39, 0.29) is 11.5 Å². The van der Waals surface area contributed by atoms with Crippen molar-refractivity contribution in [2.45, 2.75) is 52.1 Å². The van der Waals surface area contributed by atoms with E-state index in [1.165, 1.54) is 11.1 Å². The molecule has 0 aliphatic heterocycles. The summed E-state index contributed by atoms with van der Waals surface area (Å²) in [6.45, 7) is 8.56. The van der Waals surface area contributed by atoms with Crippen LogP contribution in [0.1, 0.15) is 42.6 Å². The highest BCUT2D eigenvalue weighted by molar-refractivity contribution is 7.09. The lowest BCUT2D eigenvalue weighted by atomic mass is 9.93. The van der Waals surface area contributed by atoms with Gasteiger partial charge in [0.2, 0.25) is 0 Å². The minimum Gasteiger partial charge on any atom is -0.392 e. The van der Waals surface area contributed by atoms with Gasteiger partial charge in [0.25, 0.3) is 0 Å². The van der Waals surface area contributed by atoms with Crippen molar-refractivity contribution in [3.63, 3.8) is 0 Å². The molecule has 0 aliphatic rings. The Bertz CT molecular complexity index is 551. The van der Waals surface area contributed by atoms with Gasteiger partial charge in [0, 0.05) is 17.2 Å². The maximum atomic E-state index is 10.2. The standard InChI is InChI=1S/C17H23NOS/c1-12-5-7-13(8-6-12)9-14(19)10-16-18-15(11-20-16)17(2,3)4/h5-8,11,14,19H,9-10H2,1-4H3. The summed E-state index contributed by atoms with van der Waals surface area (Å²) in [6, 6.07) is 8.34. The summed E-state index contributed by atoms with van der Waals surface area (Å²) in [4.78, 5) is 4.64. The highest BCUT2D eigenvalue weighted by Crippen LogP contribution is 2.24. The quantitative estimate of drug-likeness (QED) is 0.926. The van der Waals surface area contributed by atoms with Gasteiger partial charge in [0.1, 0.15) is 0 Å². The number of aliphatic hydroxyl groups is 1. The van der Waals surface area contributed by atoms with E-state index in [1.54, 1.807) is 11.3 Å². The molecule has 1 aromatic heterocycles. The van der Waals surface area contributed by atoms with Crippen molar-refractivity contribution >= 4 is 11.3 Å². The predicted molar refractivity (Wildman–Crippen MR) is 85.4 cm³/mol. The Morgan fingerprint density at radius 1 is 1.15 bits per heavy atom. The van der Waals surface area contributed by atoms with Gasteiger partial charge >= 0.3 is 0 Å². The minimum absolute atomic E-state index is 0.0800. The molecule has 0 spiro atoms. The SMILES string of the molecule is Cc1ccc(CC(O)Cc2nc(C(C)(C)C)cs2)cc1. The molecule has 1 aromatic carbocycles. The van der Waals surface area contributed by atoms with E-state index < -0.39 is 0 Å². The first-order valence-corrected chi connectivity index (χ1v) is 7.91. The molecule has 2 rings (SSSR count). The maximum absolute atomic E-state index is 10.2. The third-order valence-corrected chi connectivity index (χ3v) is 4.19. The van der Waals surface area contributed by atoms with Crippen LogP contribution < -0.4 is 0 Å². The molecule has 1 N–H and O–H groups in total. The molecule has 0 saturated heterocycles. The van der Waals surface area contributed by atoms with E-state index in [0.29, 0.717) is 12.8 Å². The van der Waals surface area contributed by atoms with Crippen LogP contribution in [0.5, 0.6) is 0 Å². The van der Waals surface area contributed by atoms with Crippen LogP contribution >= 0.6 is 11.3 Å². The molecule has 0 bridgehead atoms. The van der Waals surface area contributed by atoms with Crippen molar-refractivity contribution < 1.29 is 5.11 Å². The molecule has 0 fully saturated rings. The first-order chi connectivity index (χ1) is 9.34. The second-order valence-electron chi connectivity index (χ2n) is 6.42. The third-order valence-electron chi connectivity index (χ3n) is 3.32. The highest BCUT2D eigenvalue weighted by atomic mass is 32.1. The van der Waals surface area contributed by atoms with Crippen LogP contribution in [0.25, 0.3) is 0 Å². The number of nitrogens with zero attached hydrogens (tertiary/aromatic N) is 1. The van der Waals surface area contributed by atoms with Crippen LogP contribution in [-0.4, -0.2) is 16.2 Å². The van der Waals surface area contributed by atoms with Crippen LogP contribution in [0, 0.1) is 6.92 Å². The molecule has 2 nitrogen and oxygen atoms in total. The third kappa shape index (κ3) is 4.15. The second kappa shape index (κ2) is 6.06. The Labute approximate surface area is 125 Å². The molecule has 0 radical (unpaired) electrons.